The topological polar surface area (TPSA) is 97.6 Å². The van der Waals surface area contributed by atoms with Crippen LogP contribution < -0.4 is 10.6 Å². The quantitative estimate of drug-likeness (QED) is 0.714. The Kier molecular flexibility index (Phi) is 5.12. The molecule has 0 radical (unpaired) electrons. The molecule has 0 saturated carbocycles. The molecule has 3 rings (SSSR count). The van der Waals surface area contributed by atoms with Gasteiger partial charge in [-0.2, -0.15) is 0 Å². The van der Waals surface area contributed by atoms with E-state index < -0.39 is 0 Å². The van der Waals surface area contributed by atoms with Crippen LogP contribution in [0.1, 0.15) is 17.6 Å². The molecule has 0 unspecified atom stereocenters. The lowest BCUT2D eigenvalue weighted by atomic mass is 10.3. The van der Waals surface area contributed by atoms with Crippen molar-refractivity contribution in [2.24, 2.45) is 0 Å². The second-order valence-corrected chi connectivity index (χ2v) is 5.96. The van der Waals surface area contributed by atoms with Gasteiger partial charge in [-0.15, -0.1) is 16.4 Å². The van der Waals surface area contributed by atoms with Crippen LogP contribution >= 0.6 is 11.3 Å². The van der Waals surface area contributed by atoms with E-state index in [0.717, 1.165) is 29.2 Å². The van der Waals surface area contributed by atoms with Crippen molar-refractivity contribution in [3.8, 4) is 5.69 Å². The van der Waals surface area contributed by atoms with E-state index in [4.69, 9.17) is 0 Å². The number of benzene rings is 1. The minimum absolute atomic E-state index is 0.240. The first-order valence-corrected chi connectivity index (χ1v) is 8.44. The maximum absolute atomic E-state index is 11.9. The second kappa shape index (κ2) is 7.64. The predicted molar refractivity (Wildman–Crippen MR) is 91.4 cm³/mol. The number of aryl methyl sites for hydroxylation is 1. The van der Waals surface area contributed by atoms with Gasteiger partial charge in [0.2, 0.25) is 0 Å². The molecule has 8 nitrogen and oxygen atoms in total. The van der Waals surface area contributed by atoms with Crippen molar-refractivity contribution in [3.63, 3.8) is 0 Å². The van der Waals surface area contributed by atoms with Gasteiger partial charge in [-0.05, 0) is 41.1 Å². The minimum atomic E-state index is -0.240. The highest BCUT2D eigenvalue weighted by molar-refractivity contribution is 7.09. The Labute approximate surface area is 142 Å². The zero-order chi connectivity index (χ0) is 16.8. The van der Waals surface area contributed by atoms with E-state index in [1.807, 2.05) is 17.5 Å². The van der Waals surface area contributed by atoms with Crippen LogP contribution in [0.25, 0.3) is 5.69 Å². The predicted octanol–water partition coefficient (Wildman–Crippen LogP) is 2.05. The zero-order valence-electron chi connectivity index (χ0n) is 13.1. The van der Waals surface area contributed by atoms with Crippen LogP contribution in [0.3, 0.4) is 0 Å². The number of tetrazole rings is 1. The summed E-state index contributed by atoms with van der Waals surface area (Å²) >= 11 is 1.66. The maximum Gasteiger partial charge on any atom is 0.319 e. The lowest BCUT2D eigenvalue weighted by molar-refractivity contribution is 0.252. The number of nitrogens with one attached hydrogen (secondary N) is 2. The van der Waals surface area contributed by atoms with Gasteiger partial charge in [-0.3, -0.25) is 0 Å². The number of carbonyl (C=O) groups is 1. The molecule has 0 fully saturated rings. The van der Waals surface area contributed by atoms with E-state index in [2.05, 4.69) is 38.1 Å². The molecule has 0 aliphatic heterocycles. The van der Waals surface area contributed by atoms with Crippen molar-refractivity contribution in [3.05, 3.63) is 46.7 Å². The number of urea groups is 1. The normalized spacial score (nSPS) is 10.5. The van der Waals surface area contributed by atoms with Crippen molar-refractivity contribution < 1.29 is 4.79 Å². The molecule has 0 aliphatic rings. The number of thiazole rings is 1. The van der Waals surface area contributed by atoms with Crippen molar-refractivity contribution in [1.29, 1.82) is 0 Å². The van der Waals surface area contributed by atoms with Crippen molar-refractivity contribution in [2.45, 2.75) is 19.8 Å². The summed E-state index contributed by atoms with van der Waals surface area (Å²) < 4.78 is 1.54. The smallest absolute Gasteiger partial charge is 0.319 e. The summed E-state index contributed by atoms with van der Waals surface area (Å²) in [6.45, 7) is 2.63. The molecular formula is C15H17N7OS. The van der Waals surface area contributed by atoms with Crippen molar-refractivity contribution >= 4 is 23.1 Å². The summed E-state index contributed by atoms with van der Waals surface area (Å²) in [6, 6.07) is 7.01. The number of hydrogen-bond acceptors (Lipinski definition) is 6. The molecule has 0 atom stereocenters. The van der Waals surface area contributed by atoms with E-state index in [9.17, 15) is 4.79 Å². The number of rotatable bonds is 6. The average molecular weight is 343 g/mol. The Morgan fingerprint density at radius 3 is 2.79 bits per heavy atom. The fraction of sp³-hybridized carbons (Fsp3) is 0.267. The van der Waals surface area contributed by atoms with Crippen molar-refractivity contribution in [1.82, 2.24) is 30.5 Å². The number of amides is 2. The number of hydrogen-bond donors (Lipinski definition) is 2. The number of carbonyl (C=O) groups excluding carboxylic acids is 1. The monoisotopic (exact) mass is 343 g/mol. The van der Waals surface area contributed by atoms with Crippen LogP contribution in [-0.4, -0.2) is 37.8 Å². The Morgan fingerprint density at radius 1 is 1.29 bits per heavy atom. The molecule has 9 heteroatoms. The van der Waals surface area contributed by atoms with Gasteiger partial charge in [-0.25, -0.2) is 14.5 Å². The van der Waals surface area contributed by atoms with Gasteiger partial charge in [0.1, 0.15) is 6.33 Å². The molecule has 124 valence electrons. The largest absolute Gasteiger partial charge is 0.337 e. The third-order valence-electron chi connectivity index (χ3n) is 3.31. The lowest BCUT2D eigenvalue weighted by Gasteiger charge is -2.07. The first-order chi connectivity index (χ1) is 11.7. The molecule has 3 aromatic rings. The standard InChI is InChI=1S/C15H17N7OS/c1-2-14-18-12(9-24-14)7-8-16-15(23)19-11-3-5-13(6-4-11)22-10-17-20-21-22/h3-6,9-10H,2,7-8H2,1H3,(H2,16,19,23). The molecule has 24 heavy (non-hydrogen) atoms. The van der Waals surface area contributed by atoms with Gasteiger partial charge < -0.3 is 10.6 Å². The van der Waals surface area contributed by atoms with Gasteiger partial charge >= 0.3 is 6.03 Å². The third kappa shape index (κ3) is 4.13. The average Bonchev–Trinajstić information content (AvgIpc) is 3.27. The molecule has 0 saturated heterocycles. The first-order valence-electron chi connectivity index (χ1n) is 7.56. The van der Waals surface area contributed by atoms with E-state index in [-0.39, 0.29) is 6.03 Å². The van der Waals surface area contributed by atoms with Gasteiger partial charge in [0, 0.05) is 24.0 Å². The van der Waals surface area contributed by atoms with Gasteiger partial charge in [0.25, 0.3) is 0 Å². The Bertz CT molecular complexity index is 783. The fourth-order valence-electron chi connectivity index (χ4n) is 2.08. The summed E-state index contributed by atoms with van der Waals surface area (Å²) in [5, 5.41) is 19.7. The second-order valence-electron chi connectivity index (χ2n) is 5.02. The fourth-order valence-corrected chi connectivity index (χ4v) is 2.86. The van der Waals surface area contributed by atoms with Crippen LogP contribution in [0.4, 0.5) is 10.5 Å². The number of anilines is 1. The summed E-state index contributed by atoms with van der Waals surface area (Å²) in [4.78, 5) is 16.4. The molecule has 0 spiro atoms. The highest BCUT2D eigenvalue weighted by Crippen LogP contribution is 2.12. The van der Waals surface area contributed by atoms with Crippen LogP contribution in [-0.2, 0) is 12.8 Å². The van der Waals surface area contributed by atoms with Crippen LogP contribution in [0, 0.1) is 0 Å². The Hall–Kier alpha value is -2.81. The van der Waals surface area contributed by atoms with Gasteiger partial charge in [-0.1, -0.05) is 6.92 Å². The maximum atomic E-state index is 11.9. The Balaban J connectivity index is 1.46. The van der Waals surface area contributed by atoms with E-state index in [1.54, 1.807) is 28.2 Å². The first kappa shape index (κ1) is 16.1. The Morgan fingerprint density at radius 2 is 2.12 bits per heavy atom. The summed E-state index contributed by atoms with van der Waals surface area (Å²) in [5.74, 6) is 0. The summed E-state index contributed by atoms with van der Waals surface area (Å²) in [5.41, 5.74) is 2.54. The number of aromatic nitrogens is 5. The number of nitrogens with zero attached hydrogens (tertiary/aromatic N) is 5. The third-order valence-corrected chi connectivity index (χ3v) is 4.35. The van der Waals surface area contributed by atoms with E-state index >= 15 is 0 Å². The molecule has 2 heterocycles. The SMILES string of the molecule is CCc1nc(CCNC(=O)Nc2ccc(-n3cnnn3)cc2)cs1. The molecule has 2 amide bonds. The summed E-state index contributed by atoms with van der Waals surface area (Å²) in [7, 11) is 0. The molecule has 0 aliphatic carbocycles. The van der Waals surface area contributed by atoms with Crippen LogP contribution in [0.5, 0.6) is 0 Å². The van der Waals surface area contributed by atoms with Crippen LogP contribution in [0.15, 0.2) is 36.0 Å². The molecule has 2 aromatic heterocycles. The molecule has 0 bridgehead atoms. The highest BCUT2D eigenvalue weighted by Gasteiger charge is 2.04. The van der Waals surface area contributed by atoms with Gasteiger partial charge in [0.15, 0.2) is 0 Å². The minimum Gasteiger partial charge on any atom is -0.337 e. The van der Waals surface area contributed by atoms with E-state index in [0.29, 0.717) is 12.2 Å². The zero-order valence-corrected chi connectivity index (χ0v) is 14.0. The van der Waals surface area contributed by atoms with Gasteiger partial charge in [0.05, 0.1) is 16.4 Å². The molecule has 1 aromatic carbocycles. The molecule has 2 N–H and O–H groups in total. The van der Waals surface area contributed by atoms with Crippen molar-refractivity contribution in [2.75, 3.05) is 11.9 Å². The molecular weight excluding hydrogens is 326 g/mol. The lowest BCUT2D eigenvalue weighted by Crippen LogP contribution is -2.30. The summed E-state index contributed by atoms with van der Waals surface area (Å²) in [6.07, 6.45) is 3.18. The van der Waals surface area contributed by atoms with E-state index in [1.165, 1.54) is 6.33 Å². The highest BCUT2D eigenvalue weighted by atomic mass is 32.1. The van der Waals surface area contributed by atoms with Crippen LogP contribution in [0.2, 0.25) is 0 Å².